The molecule has 1 aromatic rings. The quantitative estimate of drug-likeness (QED) is 0.798. The van der Waals surface area contributed by atoms with Crippen LogP contribution in [0.4, 0.5) is 0 Å². The van der Waals surface area contributed by atoms with Crippen molar-refractivity contribution in [3.05, 3.63) is 29.8 Å². The molecule has 2 N–H and O–H groups in total. The number of benzene rings is 1. The Morgan fingerprint density at radius 2 is 2.08 bits per heavy atom. The highest BCUT2D eigenvalue weighted by molar-refractivity contribution is 8.01. The molecule has 0 saturated heterocycles. The highest BCUT2D eigenvalue weighted by atomic mass is 32.2. The standard InChI is InChI=1S/C11H15NS/c1-9-4-2-3-5-10(9)13-11(8-12)6-7-11/h2-5H,6-8,12H2,1H3. The van der Waals surface area contributed by atoms with Gasteiger partial charge in [-0.25, -0.2) is 0 Å². The molecule has 2 rings (SSSR count). The van der Waals surface area contributed by atoms with E-state index in [9.17, 15) is 0 Å². The van der Waals surface area contributed by atoms with Gasteiger partial charge >= 0.3 is 0 Å². The molecule has 0 unspecified atom stereocenters. The van der Waals surface area contributed by atoms with Gasteiger partial charge in [-0.3, -0.25) is 0 Å². The lowest BCUT2D eigenvalue weighted by Gasteiger charge is -2.13. The second-order valence-corrected chi connectivity index (χ2v) is 5.26. The van der Waals surface area contributed by atoms with Crippen molar-refractivity contribution in [3.63, 3.8) is 0 Å². The lowest BCUT2D eigenvalue weighted by atomic mass is 10.2. The molecule has 0 heterocycles. The van der Waals surface area contributed by atoms with Crippen LogP contribution in [0.15, 0.2) is 29.2 Å². The maximum atomic E-state index is 5.75. The van der Waals surface area contributed by atoms with Crippen molar-refractivity contribution in [1.82, 2.24) is 0 Å². The van der Waals surface area contributed by atoms with Crippen molar-refractivity contribution >= 4 is 11.8 Å². The van der Waals surface area contributed by atoms with Crippen molar-refractivity contribution in [2.45, 2.75) is 29.4 Å². The third-order valence-electron chi connectivity index (χ3n) is 2.60. The van der Waals surface area contributed by atoms with E-state index in [1.165, 1.54) is 23.3 Å². The molecule has 1 fully saturated rings. The zero-order valence-corrected chi connectivity index (χ0v) is 8.73. The molecule has 2 heteroatoms. The topological polar surface area (TPSA) is 26.0 Å². The molecule has 0 amide bonds. The maximum Gasteiger partial charge on any atom is 0.0330 e. The SMILES string of the molecule is Cc1ccccc1SC1(CN)CC1. The summed E-state index contributed by atoms with van der Waals surface area (Å²) in [5.41, 5.74) is 7.11. The Bertz CT molecular complexity index is 305. The Balaban J connectivity index is 2.14. The summed E-state index contributed by atoms with van der Waals surface area (Å²) in [6.07, 6.45) is 2.56. The molecule has 0 atom stereocenters. The number of hydrogen-bond donors (Lipinski definition) is 1. The van der Waals surface area contributed by atoms with E-state index in [-0.39, 0.29) is 0 Å². The van der Waals surface area contributed by atoms with Crippen molar-refractivity contribution in [3.8, 4) is 0 Å². The molecule has 1 nitrogen and oxygen atoms in total. The monoisotopic (exact) mass is 193 g/mol. The highest BCUT2D eigenvalue weighted by Gasteiger charge is 2.42. The largest absolute Gasteiger partial charge is 0.329 e. The summed E-state index contributed by atoms with van der Waals surface area (Å²) in [6, 6.07) is 8.54. The van der Waals surface area contributed by atoms with Crippen LogP contribution in [-0.4, -0.2) is 11.3 Å². The first-order chi connectivity index (χ1) is 6.26. The normalized spacial score (nSPS) is 18.6. The minimum atomic E-state index is 0.381. The molecule has 13 heavy (non-hydrogen) atoms. The fourth-order valence-corrected chi connectivity index (χ4v) is 2.62. The van der Waals surface area contributed by atoms with Crippen molar-refractivity contribution in [2.75, 3.05) is 6.54 Å². The third-order valence-corrected chi connectivity index (χ3v) is 4.29. The number of thioether (sulfide) groups is 1. The lowest BCUT2D eigenvalue weighted by molar-refractivity contribution is 0.899. The van der Waals surface area contributed by atoms with Gasteiger partial charge in [0.15, 0.2) is 0 Å². The predicted molar refractivity (Wildman–Crippen MR) is 58.1 cm³/mol. The van der Waals surface area contributed by atoms with E-state index < -0.39 is 0 Å². The molecule has 0 radical (unpaired) electrons. The third kappa shape index (κ3) is 1.89. The summed E-state index contributed by atoms with van der Waals surface area (Å²) in [6.45, 7) is 2.97. The fraction of sp³-hybridized carbons (Fsp3) is 0.455. The van der Waals surface area contributed by atoms with Gasteiger partial charge in [0.25, 0.3) is 0 Å². The molecule has 1 saturated carbocycles. The van der Waals surface area contributed by atoms with Gasteiger partial charge in [-0.05, 0) is 31.4 Å². The van der Waals surface area contributed by atoms with Gasteiger partial charge in [0.1, 0.15) is 0 Å². The van der Waals surface area contributed by atoms with Crippen LogP contribution in [-0.2, 0) is 0 Å². The second kappa shape index (κ2) is 3.35. The molecular formula is C11H15NS. The fourth-order valence-electron chi connectivity index (χ4n) is 1.39. The summed E-state index contributed by atoms with van der Waals surface area (Å²) in [5, 5.41) is 0. The number of nitrogens with two attached hydrogens (primary N) is 1. The van der Waals surface area contributed by atoms with Crippen LogP contribution in [0.25, 0.3) is 0 Å². The molecule has 0 bridgehead atoms. The zero-order chi connectivity index (χ0) is 9.31. The van der Waals surface area contributed by atoms with E-state index in [0.717, 1.165) is 6.54 Å². The zero-order valence-electron chi connectivity index (χ0n) is 7.92. The van der Waals surface area contributed by atoms with Crippen LogP contribution in [0.2, 0.25) is 0 Å². The summed E-state index contributed by atoms with van der Waals surface area (Å²) in [5.74, 6) is 0. The number of aryl methyl sites for hydroxylation is 1. The Morgan fingerprint density at radius 3 is 2.62 bits per heavy atom. The van der Waals surface area contributed by atoms with Gasteiger partial charge < -0.3 is 5.73 Å². The van der Waals surface area contributed by atoms with E-state index in [2.05, 4.69) is 31.2 Å². The molecule has 1 aromatic carbocycles. The lowest BCUT2D eigenvalue weighted by Crippen LogP contribution is -2.17. The van der Waals surface area contributed by atoms with Crippen molar-refractivity contribution in [2.24, 2.45) is 5.73 Å². The summed E-state index contributed by atoms with van der Waals surface area (Å²) in [7, 11) is 0. The van der Waals surface area contributed by atoms with Crippen LogP contribution in [0.3, 0.4) is 0 Å². The molecular weight excluding hydrogens is 178 g/mol. The number of hydrogen-bond acceptors (Lipinski definition) is 2. The van der Waals surface area contributed by atoms with E-state index >= 15 is 0 Å². The molecule has 1 aliphatic carbocycles. The molecule has 0 aromatic heterocycles. The second-order valence-electron chi connectivity index (χ2n) is 3.75. The van der Waals surface area contributed by atoms with E-state index in [0.29, 0.717) is 4.75 Å². The summed E-state index contributed by atoms with van der Waals surface area (Å²) >= 11 is 1.96. The Hall–Kier alpha value is -0.470. The van der Waals surface area contributed by atoms with E-state index in [1.807, 2.05) is 11.8 Å². The van der Waals surface area contributed by atoms with Crippen LogP contribution in [0, 0.1) is 6.92 Å². The Kier molecular flexibility index (Phi) is 2.35. The highest BCUT2D eigenvalue weighted by Crippen LogP contribution is 2.51. The minimum absolute atomic E-state index is 0.381. The Labute approximate surface area is 83.7 Å². The number of rotatable bonds is 3. The average Bonchev–Trinajstić information content (AvgIpc) is 2.90. The summed E-state index contributed by atoms with van der Waals surface area (Å²) < 4.78 is 0.381. The van der Waals surface area contributed by atoms with E-state index in [1.54, 1.807) is 0 Å². The van der Waals surface area contributed by atoms with Gasteiger partial charge in [0, 0.05) is 16.2 Å². The molecule has 0 aliphatic heterocycles. The van der Waals surface area contributed by atoms with E-state index in [4.69, 9.17) is 5.73 Å². The maximum absolute atomic E-state index is 5.75. The first kappa shape index (κ1) is 9.10. The molecule has 70 valence electrons. The minimum Gasteiger partial charge on any atom is -0.329 e. The predicted octanol–water partition coefficient (Wildman–Crippen LogP) is 2.58. The van der Waals surface area contributed by atoms with Gasteiger partial charge in [0.05, 0.1) is 0 Å². The van der Waals surface area contributed by atoms with Crippen molar-refractivity contribution in [1.29, 1.82) is 0 Å². The van der Waals surface area contributed by atoms with Gasteiger partial charge in [-0.15, -0.1) is 11.8 Å². The van der Waals surface area contributed by atoms with Crippen LogP contribution in [0.1, 0.15) is 18.4 Å². The molecule has 1 aliphatic rings. The Morgan fingerprint density at radius 1 is 1.38 bits per heavy atom. The molecule has 0 spiro atoms. The summed E-state index contributed by atoms with van der Waals surface area (Å²) in [4.78, 5) is 1.39. The van der Waals surface area contributed by atoms with Crippen molar-refractivity contribution < 1.29 is 0 Å². The van der Waals surface area contributed by atoms with Crippen LogP contribution < -0.4 is 5.73 Å². The smallest absolute Gasteiger partial charge is 0.0330 e. The van der Waals surface area contributed by atoms with Gasteiger partial charge in [-0.2, -0.15) is 0 Å². The van der Waals surface area contributed by atoms with Gasteiger partial charge in [0.2, 0.25) is 0 Å². The first-order valence-electron chi connectivity index (χ1n) is 4.70. The van der Waals surface area contributed by atoms with Gasteiger partial charge in [-0.1, -0.05) is 18.2 Å². The average molecular weight is 193 g/mol. The van der Waals surface area contributed by atoms with Crippen LogP contribution in [0.5, 0.6) is 0 Å². The van der Waals surface area contributed by atoms with Crippen LogP contribution >= 0.6 is 11.8 Å². The first-order valence-corrected chi connectivity index (χ1v) is 5.52.